The highest BCUT2D eigenvalue weighted by Crippen LogP contribution is 2.21. The molecule has 0 aliphatic heterocycles. The Morgan fingerprint density at radius 2 is 2.00 bits per heavy atom. The van der Waals surface area contributed by atoms with Gasteiger partial charge in [-0.3, -0.25) is 9.59 Å². The Labute approximate surface area is 140 Å². The zero-order valence-electron chi connectivity index (χ0n) is 13.5. The molecular formula is C16H22ClFN2O3. The molecule has 0 bridgehead atoms. The third kappa shape index (κ3) is 6.54. The van der Waals surface area contributed by atoms with Gasteiger partial charge in [-0.25, -0.2) is 4.39 Å². The second kappa shape index (κ2) is 8.26. The SMILES string of the molecule is CC(C)CCC(C)(O)CNC(=O)C(=O)Nc1cccc(Cl)c1F. The van der Waals surface area contributed by atoms with Crippen molar-refractivity contribution in [2.24, 2.45) is 5.92 Å². The van der Waals surface area contributed by atoms with E-state index in [1.807, 2.05) is 13.8 Å². The van der Waals surface area contributed by atoms with Crippen molar-refractivity contribution in [3.05, 3.63) is 29.0 Å². The molecule has 0 heterocycles. The van der Waals surface area contributed by atoms with E-state index in [1.165, 1.54) is 18.2 Å². The third-order valence-corrected chi connectivity index (χ3v) is 3.59. The predicted molar refractivity (Wildman–Crippen MR) is 87.7 cm³/mol. The number of benzene rings is 1. The largest absolute Gasteiger partial charge is 0.388 e. The minimum Gasteiger partial charge on any atom is -0.388 e. The molecule has 0 saturated heterocycles. The van der Waals surface area contributed by atoms with E-state index in [2.05, 4.69) is 10.6 Å². The molecule has 5 nitrogen and oxygen atoms in total. The number of hydrogen-bond acceptors (Lipinski definition) is 3. The van der Waals surface area contributed by atoms with Crippen molar-refractivity contribution in [2.75, 3.05) is 11.9 Å². The lowest BCUT2D eigenvalue weighted by molar-refractivity contribution is -0.136. The molecule has 1 aromatic rings. The predicted octanol–water partition coefficient (Wildman–Crippen LogP) is 2.72. The van der Waals surface area contributed by atoms with Gasteiger partial charge in [0.15, 0.2) is 5.82 Å². The second-order valence-corrected chi connectivity index (χ2v) is 6.57. The number of halogens is 2. The van der Waals surface area contributed by atoms with Crippen molar-refractivity contribution >= 4 is 29.1 Å². The molecule has 1 unspecified atom stereocenters. The summed E-state index contributed by atoms with van der Waals surface area (Å²) in [6.45, 7) is 5.58. The monoisotopic (exact) mass is 344 g/mol. The molecule has 0 radical (unpaired) electrons. The Morgan fingerprint density at radius 3 is 2.61 bits per heavy atom. The van der Waals surface area contributed by atoms with Gasteiger partial charge in [-0.05, 0) is 37.8 Å². The van der Waals surface area contributed by atoms with Gasteiger partial charge in [0.25, 0.3) is 0 Å². The van der Waals surface area contributed by atoms with E-state index in [1.54, 1.807) is 6.92 Å². The van der Waals surface area contributed by atoms with E-state index < -0.39 is 23.2 Å². The number of amides is 2. The average molecular weight is 345 g/mol. The van der Waals surface area contributed by atoms with Crippen molar-refractivity contribution in [3.8, 4) is 0 Å². The van der Waals surface area contributed by atoms with Crippen LogP contribution in [-0.4, -0.2) is 29.1 Å². The van der Waals surface area contributed by atoms with Gasteiger partial charge in [-0.15, -0.1) is 0 Å². The van der Waals surface area contributed by atoms with Crippen molar-refractivity contribution in [1.82, 2.24) is 5.32 Å². The maximum absolute atomic E-state index is 13.7. The van der Waals surface area contributed by atoms with Crippen LogP contribution < -0.4 is 10.6 Å². The van der Waals surface area contributed by atoms with Crippen LogP contribution in [0, 0.1) is 11.7 Å². The smallest absolute Gasteiger partial charge is 0.313 e. The molecule has 1 atom stereocenters. The van der Waals surface area contributed by atoms with Crippen LogP contribution in [0.5, 0.6) is 0 Å². The van der Waals surface area contributed by atoms with Gasteiger partial charge in [-0.1, -0.05) is 31.5 Å². The fourth-order valence-corrected chi connectivity index (χ4v) is 1.99. The molecule has 128 valence electrons. The second-order valence-electron chi connectivity index (χ2n) is 6.17. The molecule has 0 saturated carbocycles. The fourth-order valence-electron chi connectivity index (χ4n) is 1.82. The van der Waals surface area contributed by atoms with Gasteiger partial charge in [-0.2, -0.15) is 0 Å². The Morgan fingerprint density at radius 1 is 1.35 bits per heavy atom. The van der Waals surface area contributed by atoms with Crippen LogP contribution in [0.2, 0.25) is 5.02 Å². The lowest BCUT2D eigenvalue weighted by Crippen LogP contribution is -2.44. The van der Waals surface area contributed by atoms with E-state index in [-0.39, 0.29) is 17.3 Å². The molecular weight excluding hydrogens is 323 g/mol. The first-order valence-electron chi connectivity index (χ1n) is 7.38. The van der Waals surface area contributed by atoms with Gasteiger partial charge >= 0.3 is 11.8 Å². The lowest BCUT2D eigenvalue weighted by Gasteiger charge is -2.24. The topological polar surface area (TPSA) is 78.4 Å². The highest BCUT2D eigenvalue weighted by atomic mass is 35.5. The Balaban J connectivity index is 2.54. The zero-order valence-corrected chi connectivity index (χ0v) is 14.2. The molecule has 0 aliphatic rings. The fraction of sp³-hybridized carbons (Fsp3) is 0.500. The Hall–Kier alpha value is -1.66. The van der Waals surface area contributed by atoms with Crippen molar-refractivity contribution in [1.29, 1.82) is 0 Å². The molecule has 23 heavy (non-hydrogen) atoms. The summed E-state index contributed by atoms with van der Waals surface area (Å²) in [6, 6.07) is 4.08. The molecule has 3 N–H and O–H groups in total. The highest BCUT2D eigenvalue weighted by Gasteiger charge is 2.24. The number of rotatable bonds is 6. The molecule has 0 aromatic heterocycles. The van der Waals surface area contributed by atoms with E-state index in [0.717, 1.165) is 6.42 Å². The van der Waals surface area contributed by atoms with Crippen molar-refractivity contribution in [3.63, 3.8) is 0 Å². The van der Waals surface area contributed by atoms with Crippen LogP contribution in [0.25, 0.3) is 0 Å². The molecule has 2 amide bonds. The summed E-state index contributed by atoms with van der Waals surface area (Å²) in [7, 11) is 0. The number of aliphatic hydroxyl groups is 1. The third-order valence-electron chi connectivity index (χ3n) is 3.30. The lowest BCUT2D eigenvalue weighted by atomic mass is 9.95. The summed E-state index contributed by atoms with van der Waals surface area (Å²) in [5.41, 5.74) is -1.29. The van der Waals surface area contributed by atoms with E-state index in [9.17, 15) is 19.1 Å². The van der Waals surface area contributed by atoms with Crippen LogP contribution in [0.3, 0.4) is 0 Å². The molecule has 0 fully saturated rings. The van der Waals surface area contributed by atoms with Gasteiger partial charge in [0.1, 0.15) is 0 Å². The Kier molecular flexibility index (Phi) is 6.97. The average Bonchev–Trinajstić information content (AvgIpc) is 2.47. The van der Waals surface area contributed by atoms with Gasteiger partial charge in [0.05, 0.1) is 16.3 Å². The quantitative estimate of drug-likeness (QED) is 0.694. The van der Waals surface area contributed by atoms with Gasteiger partial charge in [0.2, 0.25) is 0 Å². The minimum absolute atomic E-state index is 0.0655. The standard InChI is InChI=1S/C16H22ClFN2O3/c1-10(2)7-8-16(3,23)9-19-14(21)15(22)20-12-6-4-5-11(17)13(12)18/h4-6,10,23H,7-9H2,1-3H3,(H,19,21)(H,20,22). The normalized spacial score (nSPS) is 13.5. The first-order chi connectivity index (χ1) is 10.6. The maximum atomic E-state index is 13.7. The number of anilines is 1. The number of carbonyl (C=O) groups is 2. The van der Waals surface area contributed by atoms with Crippen molar-refractivity contribution in [2.45, 2.75) is 39.2 Å². The molecule has 0 spiro atoms. The van der Waals surface area contributed by atoms with Crippen molar-refractivity contribution < 1.29 is 19.1 Å². The van der Waals surface area contributed by atoms with Crippen LogP contribution in [0.4, 0.5) is 10.1 Å². The molecule has 1 rings (SSSR count). The number of hydrogen-bond donors (Lipinski definition) is 3. The summed E-state index contributed by atoms with van der Waals surface area (Å²) in [5.74, 6) is -2.36. The van der Waals surface area contributed by atoms with E-state index in [4.69, 9.17) is 11.6 Å². The van der Waals surface area contributed by atoms with Crippen LogP contribution in [0.15, 0.2) is 18.2 Å². The first kappa shape index (κ1) is 19.4. The van der Waals surface area contributed by atoms with E-state index in [0.29, 0.717) is 12.3 Å². The molecule has 1 aromatic carbocycles. The summed E-state index contributed by atoms with van der Waals surface area (Å²) in [6.07, 6.45) is 1.29. The summed E-state index contributed by atoms with van der Waals surface area (Å²) >= 11 is 5.60. The number of nitrogens with one attached hydrogen (secondary N) is 2. The van der Waals surface area contributed by atoms with Crippen LogP contribution >= 0.6 is 11.6 Å². The Bertz CT molecular complexity index is 576. The van der Waals surface area contributed by atoms with Gasteiger partial charge < -0.3 is 15.7 Å². The highest BCUT2D eigenvalue weighted by molar-refractivity contribution is 6.39. The maximum Gasteiger partial charge on any atom is 0.313 e. The minimum atomic E-state index is -1.11. The van der Waals surface area contributed by atoms with Crippen LogP contribution in [0.1, 0.15) is 33.6 Å². The van der Waals surface area contributed by atoms with E-state index >= 15 is 0 Å². The van der Waals surface area contributed by atoms with Crippen LogP contribution in [-0.2, 0) is 9.59 Å². The molecule has 7 heteroatoms. The number of carbonyl (C=O) groups excluding carboxylic acids is 2. The first-order valence-corrected chi connectivity index (χ1v) is 7.76. The van der Waals surface area contributed by atoms with Gasteiger partial charge in [0, 0.05) is 6.54 Å². The summed E-state index contributed by atoms with van der Waals surface area (Å²) < 4.78 is 13.7. The zero-order chi connectivity index (χ0) is 17.6. The summed E-state index contributed by atoms with van der Waals surface area (Å²) in [5, 5.41) is 14.5. The molecule has 0 aliphatic carbocycles. The summed E-state index contributed by atoms with van der Waals surface area (Å²) in [4.78, 5) is 23.5.